The lowest BCUT2D eigenvalue weighted by molar-refractivity contribution is 0.102. The Morgan fingerprint density at radius 2 is 1.16 bits per heavy atom. The van der Waals surface area contributed by atoms with Crippen molar-refractivity contribution in [3.8, 4) is 11.6 Å². The molecule has 0 unspecified atom stereocenters. The summed E-state index contributed by atoms with van der Waals surface area (Å²) in [5.74, 6) is 2.52. The van der Waals surface area contributed by atoms with Crippen molar-refractivity contribution in [1.82, 2.24) is 44.0 Å². The van der Waals surface area contributed by atoms with E-state index in [2.05, 4.69) is 84.0 Å². The fraction of sp³-hybridized carbons (Fsp3) is 0.0909. The molecule has 0 aliphatic rings. The smallest absolute Gasteiger partial charge is 0.257 e. The molecule has 286 valence electrons. The van der Waals surface area contributed by atoms with E-state index in [1.807, 2.05) is 81.9 Å². The Bertz CT molecular complexity index is 2790. The summed E-state index contributed by atoms with van der Waals surface area (Å²) in [6.07, 6.45) is 13.4. The van der Waals surface area contributed by atoms with Gasteiger partial charge in [0.2, 0.25) is 0 Å². The number of nitrogens with one attached hydrogen (secondary N) is 3. The van der Waals surface area contributed by atoms with Gasteiger partial charge in [-0.15, -0.1) is 0 Å². The highest BCUT2D eigenvalue weighted by molar-refractivity contribution is 6.04. The Balaban J connectivity index is 0.000000168. The Labute approximate surface area is 333 Å². The van der Waals surface area contributed by atoms with Crippen molar-refractivity contribution >= 4 is 51.0 Å². The van der Waals surface area contributed by atoms with Gasteiger partial charge in [-0.1, -0.05) is 60.7 Å². The summed E-state index contributed by atoms with van der Waals surface area (Å²) in [5.41, 5.74) is 13.4. The van der Waals surface area contributed by atoms with Crippen LogP contribution in [-0.4, -0.2) is 49.9 Å². The van der Waals surface area contributed by atoms with Crippen molar-refractivity contribution in [2.24, 2.45) is 0 Å². The molecule has 14 heteroatoms. The summed E-state index contributed by atoms with van der Waals surface area (Å²) in [6.45, 7) is 4.18. The minimum Gasteiger partial charge on any atom is -0.399 e. The van der Waals surface area contributed by atoms with Gasteiger partial charge in [0.25, 0.3) is 5.91 Å². The molecule has 0 saturated heterocycles. The molecule has 5 aromatic heterocycles. The van der Waals surface area contributed by atoms with E-state index >= 15 is 0 Å². The molecule has 0 aliphatic carbocycles. The molecule has 0 fully saturated rings. The normalized spacial score (nSPS) is 12.0. The molecule has 0 spiro atoms. The summed E-state index contributed by atoms with van der Waals surface area (Å²) in [5, 5.41) is 9.66. The van der Waals surface area contributed by atoms with Crippen LogP contribution in [0.1, 0.15) is 47.4 Å². The number of hydrogen-bond donors (Lipinski definition) is 4. The number of rotatable bonds is 10. The zero-order valence-corrected chi connectivity index (χ0v) is 31.7. The van der Waals surface area contributed by atoms with Gasteiger partial charge in [-0.3, -0.25) is 28.9 Å². The van der Waals surface area contributed by atoms with Gasteiger partial charge in [-0.05, 0) is 73.5 Å². The number of fused-ring (bicyclic) bond motifs is 2. The van der Waals surface area contributed by atoms with Crippen LogP contribution in [0.25, 0.3) is 33.7 Å². The summed E-state index contributed by atoms with van der Waals surface area (Å²) in [4.78, 5) is 43.3. The molecule has 0 aliphatic heterocycles. The molecule has 9 aromatic rings. The fourth-order valence-electron chi connectivity index (χ4n) is 6.36. The molecule has 5 N–H and O–H groups in total. The van der Waals surface area contributed by atoms with Crippen LogP contribution in [0.5, 0.6) is 0 Å². The van der Waals surface area contributed by atoms with E-state index in [4.69, 9.17) is 10.7 Å². The summed E-state index contributed by atoms with van der Waals surface area (Å²) in [6, 6.07) is 35.3. The van der Waals surface area contributed by atoms with E-state index in [0.717, 1.165) is 22.1 Å². The Kier molecular flexibility index (Phi) is 10.7. The van der Waals surface area contributed by atoms with E-state index in [0.29, 0.717) is 40.2 Å². The third-order valence-corrected chi connectivity index (χ3v) is 9.37. The topological polar surface area (TPSA) is 179 Å². The van der Waals surface area contributed by atoms with Crippen LogP contribution in [-0.2, 0) is 0 Å². The highest BCUT2D eigenvalue weighted by Gasteiger charge is 2.13. The van der Waals surface area contributed by atoms with Gasteiger partial charge < -0.3 is 21.7 Å². The predicted octanol–water partition coefficient (Wildman–Crippen LogP) is 8.21. The monoisotopic (exact) mass is 765 g/mol. The van der Waals surface area contributed by atoms with Gasteiger partial charge in [0, 0.05) is 35.9 Å². The number of imidazole rings is 2. The SMILES string of the molecule is C[C@H](Nc1cncc(-n2cnc3cc(N)ccc32)n1)c1ccccc1.C[C@H](Nc1cncc(-n2cnc3cc(NC(=O)c4cccnc4)ccc32)n1)c1ccccc1. The number of nitrogens with two attached hydrogens (primary N) is 1. The largest absolute Gasteiger partial charge is 0.399 e. The fourth-order valence-corrected chi connectivity index (χ4v) is 6.36. The molecule has 0 radical (unpaired) electrons. The number of aromatic nitrogens is 9. The Hall–Kier alpha value is -8.00. The summed E-state index contributed by atoms with van der Waals surface area (Å²) in [7, 11) is 0. The molecule has 0 saturated carbocycles. The van der Waals surface area contributed by atoms with E-state index < -0.39 is 0 Å². The highest BCUT2D eigenvalue weighted by atomic mass is 16.1. The first kappa shape index (κ1) is 36.9. The third kappa shape index (κ3) is 8.45. The van der Waals surface area contributed by atoms with Gasteiger partial charge >= 0.3 is 0 Å². The number of carbonyl (C=O) groups excluding carboxylic acids is 1. The molecule has 58 heavy (non-hydrogen) atoms. The van der Waals surface area contributed by atoms with Crippen LogP contribution >= 0.6 is 0 Å². The standard InChI is InChI=1S/C25H21N7O.C19H18N6/c1-17(18-6-3-2-4-7-18)29-23-14-27-15-24(31-23)32-16-28-21-12-20(9-10-22(21)32)30-25(33)19-8-5-11-26-13-19;1-13(14-5-3-2-4-6-14)23-18-10-21-11-19(24-18)25-12-22-16-9-15(20)7-8-17(16)25/h2-17H,1H3,(H,29,31)(H,30,33);2-13H,20H2,1H3,(H,23,24)/t17-;13-/m00/s1. The van der Waals surface area contributed by atoms with Crippen LogP contribution < -0.4 is 21.7 Å². The zero-order chi connectivity index (χ0) is 39.8. The van der Waals surface area contributed by atoms with E-state index in [9.17, 15) is 4.79 Å². The lowest BCUT2D eigenvalue weighted by Gasteiger charge is -2.15. The highest BCUT2D eigenvalue weighted by Crippen LogP contribution is 2.24. The molecular weight excluding hydrogens is 727 g/mol. The second-order valence-corrected chi connectivity index (χ2v) is 13.5. The number of carbonyl (C=O) groups is 1. The van der Waals surface area contributed by atoms with Crippen LogP contribution in [0, 0.1) is 0 Å². The van der Waals surface area contributed by atoms with Crippen molar-refractivity contribution < 1.29 is 4.79 Å². The minimum atomic E-state index is -0.223. The second-order valence-electron chi connectivity index (χ2n) is 13.5. The van der Waals surface area contributed by atoms with Crippen molar-refractivity contribution in [2.75, 3.05) is 21.7 Å². The van der Waals surface area contributed by atoms with E-state index in [1.54, 1.807) is 55.8 Å². The number of benzene rings is 4. The minimum absolute atomic E-state index is 0.0845. The third-order valence-electron chi connectivity index (χ3n) is 9.37. The molecular formula is C44H39N13O. The molecule has 9 rings (SSSR count). The number of pyridine rings is 1. The average molecular weight is 766 g/mol. The van der Waals surface area contributed by atoms with Crippen LogP contribution in [0.15, 0.2) is 159 Å². The van der Waals surface area contributed by atoms with Gasteiger partial charge in [-0.2, -0.15) is 0 Å². The first-order valence-corrected chi connectivity index (χ1v) is 18.6. The maximum Gasteiger partial charge on any atom is 0.257 e. The Morgan fingerprint density at radius 3 is 1.71 bits per heavy atom. The van der Waals surface area contributed by atoms with Crippen molar-refractivity contribution in [3.05, 3.63) is 176 Å². The van der Waals surface area contributed by atoms with E-state index in [-0.39, 0.29) is 18.0 Å². The lowest BCUT2D eigenvalue weighted by atomic mass is 10.1. The van der Waals surface area contributed by atoms with Crippen LogP contribution in [0.4, 0.5) is 23.0 Å². The quantitative estimate of drug-likeness (QED) is 0.0986. The number of nitrogens with zero attached hydrogens (tertiary/aromatic N) is 9. The lowest BCUT2D eigenvalue weighted by Crippen LogP contribution is -2.11. The van der Waals surface area contributed by atoms with Crippen LogP contribution in [0.3, 0.4) is 0 Å². The van der Waals surface area contributed by atoms with Gasteiger partial charge in [0.15, 0.2) is 11.6 Å². The zero-order valence-electron chi connectivity index (χ0n) is 31.7. The van der Waals surface area contributed by atoms with Crippen molar-refractivity contribution in [1.29, 1.82) is 0 Å². The average Bonchev–Trinajstić information content (AvgIpc) is 3.89. The maximum atomic E-state index is 12.4. The Morgan fingerprint density at radius 1 is 0.603 bits per heavy atom. The summed E-state index contributed by atoms with van der Waals surface area (Å²) >= 11 is 0. The first-order chi connectivity index (χ1) is 28.4. The van der Waals surface area contributed by atoms with Crippen LogP contribution in [0.2, 0.25) is 0 Å². The number of hydrogen-bond acceptors (Lipinski definition) is 11. The molecule has 4 aromatic carbocycles. The molecule has 2 atom stereocenters. The van der Waals surface area contributed by atoms with Gasteiger partial charge in [0.1, 0.15) is 24.3 Å². The first-order valence-electron chi connectivity index (χ1n) is 18.6. The predicted molar refractivity (Wildman–Crippen MR) is 227 cm³/mol. The van der Waals surface area contributed by atoms with Gasteiger partial charge in [0.05, 0.1) is 52.4 Å². The van der Waals surface area contributed by atoms with E-state index in [1.165, 1.54) is 17.3 Å². The maximum absolute atomic E-state index is 12.4. The van der Waals surface area contributed by atoms with Crippen molar-refractivity contribution in [2.45, 2.75) is 25.9 Å². The molecule has 14 nitrogen and oxygen atoms in total. The number of amides is 1. The second kappa shape index (κ2) is 16.8. The molecule has 1 amide bonds. The molecule has 0 bridgehead atoms. The number of nitrogen functional groups attached to an aromatic ring is 1. The van der Waals surface area contributed by atoms with Gasteiger partial charge in [-0.25, -0.2) is 19.9 Å². The number of anilines is 4. The van der Waals surface area contributed by atoms with Crippen molar-refractivity contribution in [3.63, 3.8) is 0 Å². The summed E-state index contributed by atoms with van der Waals surface area (Å²) < 4.78 is 3.77. The molecule has 5 heterocycles.